The van der Waals surface area contributed by atoms with E-state index in [1.807, 2.05) is 12.1 Å². The Balaban J connectivity index is 2.21. The monoisotopic (exact) mass is 353 g/mol. The maximum atomic E-state index is 5.48. The van der Waals surface area contributed by atoms with Crippen LogP contribution in [0.1, 0.15) is 29.8 Å². The number of hydrogen-bond donors (Lipinski definition) is 1. The van der Waals surface area contributed by atoms with E-state index in [0.29, 0.717) is 6.04 Å². The van der Waals surface area contributed by atoms with Crippen LogP contribution >= 0.6 is 27.3 Å². The number of thiophene rings is 1. The van der Waals surface area contributed by atoms with Crippen molar-refractivity contribution in [2.24, 2.45) is 0 Å². The largest absolute Gasteiger partial charge is 0.496 e. The molecule has 1 aromatic heterocycles. The minimum absolute atomic E-state index is 0.346. The zero-order chi connectivity index (χ0) is 14.4. The van der Waals surface area contributed by atoms with E-state index in [0.717, 1.165) is 29.6 Å². The maximum absolute atomic E-state index is 5.48. The number of halogens is 1. The van der Waals surface area contributed by atoms with E-state index in [-0.39, 0.29) is 0 Å². The van der Waals surface area contributed by atoms with E-state index in [4.69, 9.17) is 4.74 Å². The van der Waals surface area contributed by atoms with Crippen molar-refractivity contribution in [3.8, 4) is 5.75 Å². The first-order chi connectivity index (χ1) is 9.74. The van der Waals surface area contributed by atoms with Gasteiger partial charge in [0.05, 0.1) is 7.11 Å². The van der Waals surface area contributed by atoms with Gasteiger partial charge in [-0.25, -0.2) is 0 Å². The van der Waals surface area contributed by atoms with Crippen molar-refractivity contribution in [1.82, 2.24) is 5.32 Å². The Hall–Kier alpha value is -0.840. The molecule has 2 nitrogen and oxygen atoms in total. The molecule has 0 amide bonds. The molecule has 4 heteroatoms. The van der Waals surface area contributed by atoms with Gasteiger partial charge in [0.2, 0.25) is 0 Å². The summed E-state index contributed by atoms with van der Waals surface area (Å²) in [5, 5.41) is 5.76. The third kappa shape index (κ3) is 4.08. The zero-order valence-electron chi connectivity index (χ0n) is 11.9. The molecule has 1 unspecified atom stereocenters. The molecule has 1 atom stereocenters. The number of hydrogen-bond acceptors (Lipinski definition) is 3. The molecule has 1 N–H and O–H groups in total. The molecule has 0 aliphatic heterocycles. The second-order valence-electron chi connectivity index (χ2n) is 4.68. The van der Waals surface area contributed by atoms with E-state index in [1.54, 1.807) is 18.4 Å². The molecule has 0 saturated heterocycles. The van der Waals surface area contributed by atoms with Crippen molar-refractivity contribution in [1.29, 1.82) is 0 Å². The molecule has 0 radical (unpaired) electrons. The van der Waals surface area contributed by atoms with E-state index in [1.165, 1.54) is 10.4 Å². The van der Waals surface area contributed by atoms with Crippen LogP contribution in [0.2, 0.25) is 0 Å². The minimum atomic E-state index is 0.346. The lowest BCUT2D eigenvalue weighted by Crippen LogP contribution is -2.23. The van der Waals surface area contributed by atoms with Gasteiger partial charge in [-0.3, -0.25) is 0 Å². The summed E-state index contributed by atoms with van der Waals surface area (Å²) >= 11 is 5.35. The van der Waals surface area contributed by atoms with Gasteiger partial charge in [-0.2, -0.15) is 0 Å². The van der Waals surface area contributed by atoms with Crippen molar-refractivity contribution in [3.63, 3.8) is 0 Å². The first-order valence-electron chi connectivity index (χ1n) is 6.83. The van der Waals surface area contributed by atoms with Gasteiger partial charge in [0, 0.05) is 15.4 Å². The predicted octanol–water partition coefficient (Wildman–Crippen LogP) is 4.80. The summed E-state index contributed by atoms with van der Waals surface area (Å²) in [5.41, 5.74) is 1.23. The van der Waals surface area contributed by atoms with Crippen LogP contribution in [0, 0.1) is 0 Å². The lowest BCUT2D eigenvalue weighted by Gasteiger charge is -2.19. The van der Waals surface area contributed by atoms with Crippen molar-refractivity contribution < 1.29 is 4.74 Å². The Labute approximate surface area is 133 Å². The van der Waals surface area contributed by atoms with Crippen molar-refractivity contribution in [2.75, 3.05) is 13.7 Å². The highest BCUT2D eigenvalue weighted by molar-refractivity contribution is 9.10. The number of methoxy groups -OCH3 is 1. The summed E-state index contributed by atoms with van der Waals surface area (Å²) < 4.78 is 6.57. The van der Waals surface area contributed by atoms with Gasteiger partial charge in [-0.1, -0.05) is 28.9 Å². The Morgan fingerprint density at radius 2 is 2.20 bits per heavy atom. The van der Waals surface area contributed by atoms with Crippen molar-refractivity contribution >= 4 is 27.3 Å². The summed E-state index contributed by atoms with van der Waals surface area (Å²) in [6.07, 6.45) is 2.07. The van der Waals surface area contributed by atoms with Gasteiger partial charge in [-0.05, 0) is 54.6 Å². The molecule has 0 aliphatic rings. The van der Waals surface area contributed by atoms with E-state index in [2.05, 4.69) is 51.7 Å². The van der Waals surface area contributed by atoms with E-state index in [9.17, 15) is 0 Å². The van der Waals surface area contributed by atoms with Gasteiger partial charge in [0.15, 0.2) is 0 Å². The molecule has 20 heavy (non-hydrogen) atoms. The number of ether oxygens (including phenoxy) is 1. The van der Waals surface area contributed by atoms with Crippen LogP contribution in [0.25, 0.3) is 0 Å². The first kappa shape index (κ1) is 15.5. The van der Waals surface area contributed by atoms with Crippen LogP contribution < -0.4 is 10.1 Å². The molecule has 0 bridgehead atoms. The topological polar surface area (TPSA) is 21.3 Å². The first-order valence-corrected chi connectivity index (χ1v) is 8.51. The van der Waals surface area contributed by atoms with Gasteiger partial charge < -0.3 is 10.1 Å². The number of nitrogens with one attached hydrogen (secondary N) is 1. The zero-order valence-corrected chi connectivity index (χ0v) is 14.3. The molecule has 0 saturated carbocycles. The summed E-state index contributed by atoms with van der Waals surface area (Å²) in [7, 11) is 1.73. The summed E-state index contributed by atoms with van der Waals surface area (Å²) in [4.78, 5) is 1.38. The molecule has 1 aromatic carbocycles. The van der Waals surface area contributed by atoms with Crippen molar-refractivity contribution in [2.45, 2.75) is 25.8 Å². The van der Waals surface area contributed by atoms with Crippen LogP contribution in [0.5, 0.6) is 5.75 Å². The predicted molar refractivity (Wildman–Crippen MR) is 89.8 cm³/mol. The Morgan fingerprint density at radius 1 is 1.35 bits per heavy atom. The van der Waals surface area contributed by atoms with E-state index >= 15 is 0 Å². The average Bonchev–Trinajstić information content (AvgIpc) is 2.97. The number of benzene rings is 1. The third-order valence-corrected chi connectivity index (χ3v) is 4.67. The van der Waals surface area contributed by atoms with E-state index < -0.39 is 0 Å². The summed E-state index contributed by atoms with van der Waals surface area (Å²) in [6, 6.07) is 10.8. The molecule has 0 spiro atoms. The minimum Gasteiger partial charge on any atom is -0.496 e. The standard InChI is InChI=1S/C16H20BrNOS/c1-3-8-18-14(16-5-4-9-20-16)11-12-10-13(17)6-7-15(12)19-2/h4-7,9-10,14,18H,3,8,11H2,1-2H3. The fourth-order valence-corrected chi connectivity index (χ4v) is 3.42. The smallest absolute Gasteiger partial charge is 0.122 e. The van der Waals surface area contributed by atoms with Crippen LogP contribution in [0.15, 0.2) is 40.2 Å². The Kier molecular flexibility index (Phi) is 6.07. The molecule has 1 heterocycles. The fourth-order valence-electron chi connectivity index (χ4n) is 2.21. The van der Waals surface area contributed by atoms with Gasteiger partial charge >= 0.3 is 0 Å². The highest BCUT2D eigenvalue weighted by Gasteiger charge is 2.15. The molecule has 0 fully saturated rings. The van der Waals surface area contributed by atoms with Crippen LogP contribution in [-0.2, 0) is 6.42 Å². The lowest BCUT2D eigenvalue weighted by molar-refractivity contribution is 0.405. The summed E-state index contributed by atoms with van der Waals surface area (Å²) in [5.74, 6) is 0.952. The van der Waals surface area contributed by atoms with Crippen LogP contribution in [-0.4, -0.2) is 13.7 Å². The van der Waals surface area contributed by atoms with Gasteiger partial charge in [-0.15, -0.1) is 11.3 Å². The second kappa shape index (κ2) is 7.81. The molecule has 2 rings (SSSR count). The Morgan fingerprint density at radius 3 is 2.85 bits per heavy atom. The number of rotatable bonds is 7. The normalized spacial score (nSPS) is 12.3. The Bertz CT molecular complexity index is 527. The van der Waals surface area contributed by atoms with Gasteiger partial charge in [0.1, 0.15) is 5.75 Å². The summed E-state index contributed by atoms with van der Waals surface area (Å²) in [6.45, 7) is 3.22. The second-order valence-corrected chi connectivity index (χ2v) is 6.58. The molecular formula is C16H20BrNOS. The molecular weight excluding hydrogens is 334 g/mol. The highest BCUT2D eigenvalue weighted by Crippen LogP contribution is 2.29. The highest BCUT2D eigenvalue weighted by atomic mass is 79.9. The molecule has 0 aliphatic carbocycles. The van der Waals surface area contributed by atoms with Crippen LogP contribution in [0.3, 0.4) is 0 Å². The SMILES string of the molecule is CCCNC(Cc1cc(Br)ccc1OC)c1cccs1. The van der Waals surface area contributed by atoms with Crippen molar-refractivity contribution in [3.05, 3.63) is 50.6 Å². The molecule has 108 valence electrons. The lowest BCUT2D eigenvalue weighted by atomic mass is 10.0. The van der Waals surface area contributed by atoms with Crippen LogP contribution in [0.4, 0.5) is 0 Å². The maximum Gasteiger partial charge on any atom is 0.122 e. The quantitative estimate of drug-likeness (QED) is 0.771. The molecule has 2 aromatic rings. The average molecular weight is 354 g/mol. The third-order valence-electron chi connectivity index (χ3n) is 3.19. The van der Waals surface area contributed by atoms with Gasteiger partial charge in [0.25, 0.3) is 0 Å². The fraction of sp³-hybridized carbons (Fsp3) is 0.375.